The number of hydrogen-bond acceptors (Lipinski definition) is 8. The molecule has 5 rings (SSSR count). The fraction of sp³-hybridized carbons (Fsp3) is 0.160. The van der Waals surface area contributed by atoms with Crippen LogP contribution in [0.5, 0.6) is 0 Å². The van der Waals surface area contributed by atoms with E-state index in [0.717, 1.165) is 33.7 Å². The van der Waals surface area contributed by atoms with Gasteiger partial charge in [0.05, 0.1) is 28.7 Å². The Morgan fingerprint density at radius 3 is 2.57 bits per heavy atom. The Morgan fingerprint density at radius 2 is 1.86 bits per heavy atom. The van der Waals surface area contributed by atoms with E-state index in [1.54, 1.807) is 17.1 Å². The Kier molecular flexibility index (Phi) is 5.40. The van der Waals surface area contributed by atoms with Gasteiger partial charge in [-0.15, -0.1) is 5.10 Å². The third kappa shape index (κ3) is 4.05. The molecule has 10 nitrogen and oxygen atoms in total. The Balaban J connectivity index is 1.56. The SMILES string of the molecule is Cc1ccc(Nc2ccc3c(c2)ncn3-c2ccc(C(C)C#N)c(-n3nc(C#N)cc3C)n2)nn1. The van der Waals surface area contributed by atoms with Crippen molar-refractivity contribution in [3.8, 4) is 23.8 Å². The predicted molar refractivity (Wildman–Crippen MR) is 130 cm³/mol. The summed E-state index contributed by atoms with van der Waals surface area (Å²) in [7, 11) is 0. The van der Waals surface area contributed by atoms with Crippen molar-refractivity contribution < 1.29 is 0 Å². The van der Waals surface area contributed by atoms with Crippen LogP contribution in [0, 0.1) is 36.5 Å². The van der Waals surface area contributed by atoms with E-state index in [0.29, 0.717) is 17.5 Å². The third-order valence-electron chi connectivity index (χ3n) is 5.62. The summed E-state index contributed by atoms with van der Waals surface area (Å²) in [5, 5.41) is 34.6. The molecule has 4 aromatic heterocycles. The van der Waals surface area contributed by atoms with Crippen LogP contribution < -0.4 is 5.32 Å². The van der Waals surface area contributed by atoms with Crippen molar-refractivity contribution in [3.63, 3.8) is 0 Å². The van der Waals surface area contributed by atoms with Crippen LogP contribution in [0.2, 0.25) is 0 Å². The van der Waals surface area contributed by atoms with Crippen LogP contribution in [0.4, 0.5) is 11.5 Å². The molecular weight excluding hydrogens is 440 g/mol. The number of nitriles is 2. The van der Waals surface area contributed by atoms with Crippen LogP contribution in [-0.2, 0) is 0 Å². The largest absolute Gasteiger partial charge is 0.339 e. The van der Waals surface area contributed by atoms with Gasteiger partial charge in [0, 0.05) is 16.9 Å². The number of imidazole rings is 1. The highest BCUT2D eigenvalue weighted by Gasteiger charge is 2.18. The normalized spacial score (nSPS) is 11.7. The van der Waals surface area contributed by atoms with Gasteiger partial charge in [0.15, 0.2) is 17.3 Å². The Hall–Kier alpha value is -5.09. The van der Waals surface area contributed by atoms with Crippen molar-refractivity contribution >= 4 is 22.5 Å². The number of rotatable bonds is 5. The van der Waals surface area contributed by atoms with Crippen LogP contribution in [0.1, 0.15) is 35.5 Å². The minimum Gasteiger partial charge on any atom is -0.339 e. The standard InChI is InChI=1S/C25H20N10/c1-15(12-26)20-6-9-24(30-25(20)35-17(3)10-19(13-27)33-35)34-14-28-21-11-18(5-7-22(21)34)29-23-8-4-16(2)31-32-23/h4-11,14-15H,1-3H3,(H,29,32). The monoisotopic (exact) mass is 460 g/mol. The molecule has 0 aliphatic rings. The first-order chi connectivity index (χ1) is 17.0. The van der Waals surface area contributed by atoms with Crippen LogP contribution in [0.25, 0.3) is 22.7 Å². The van der Waals surface area contributed by atoms with Crippen LogP contribution >= 0.6 is 0 Å². The number of fused-ring (bicyclic) bond motifs is 1. The zero-order valence-electron chi connectivity index (χ0n) is 19.3. The van der Waals surface area contributed by atoms with Crippen molar-refractivity contribution in [3.05, 3.63) is 77.5 Å². The minimum absolute atomic E-state index is 0.289. The summed E-state index contributed by atoms with van der Waals surface area (Å²) in [5.74, 6) is 1.37. The lowest BCUT2D eigenvalue weighted by atomic mass is 10.0. The lowest BCUT2D eigenvalue weighted by Gasteiger charge is -2.14. The second kappa shape index (κ2) is 8.69. The molecule has 0 bridgehead atoms. The van der Waals surface area contributed by atoms with Crippen LogP contribution in [0.15, 0.2) is 54.9 Å². The Labute approximate surface area is 201 Å². The van der Waals surface area contributed by atoms with Crippen molar-refractivity contribution in [2.75, 3.05) is 5.32 Å². The molecule has 0 fully saturated rings. The van der Waals surface area contributed by atoms with Crippen molar-refractivity contribution in [1.82, 2.24) is 34.5 Å². The van der Waals surface area contributed by atoms with Crippen LogP contribution in [0.3, 0.4) is 0 Å². The molecule has 0 saturated heterocycles. The number of anilines is 2. The van der Waals surface area contributed by atoms with Crippen molar-refractivity contribution in [2.24, 2.45) is 0 Å². The van der Waals surface area contributed by atoms with E-state index in [2.05, 4.69) is 37.7 Å². The lowest BCUT2D eigenvalue weighted by molar-refractivity contribution is 0.779. The maximum Gasteiger partial charge on any atom is 0.163 e. The highest BCUT2D eigenvalue weighted by Crippen LogP contribution is 2.27. The second-order valence-electron chi connectivity index (χ2n) is 8.13. The topological polar surface area (TPSA) is 134 Å². The minimum atomic E-state index is -0.404. The van der Waals surface area contributed by atoms with Gasteiger partial charge in [-0.05, 0) is 63.2 Å². The number of pyridine rings is 1. The molecule has 0 saturated carbocycles. The van der Waals surface area contributed by atoms with E-state index in [1.807, 2.05) is 67.8 Å². The molecule has 170 valence electrons. The van der Waals surface area contributed by atoms with E-state index < -0.39 is 5.92 Å². The predicted octanol–water partition coefficient (Wildman–Crippen LogP) is 4.26. The fourth-order valence-electron chi connectivity index (χ4n) is 3.79. The molecule has 5 aromatic rings. The van der Waals surface area contributed by atoms with E-state index in [-0.39, 0.29) is 5.69 Å². The molecular formula is C25H20N10. The van der Waals surface area contributed by atoms with Gasteiger partial charge < -0.3 is 5.32 Å². The summed E-state index contributed by atoms with van der Waals surface area (Å²) in [5.41, 5.74) is 5.08. The van der Waals surface area contributed by atoms with Gasteiger partial charge in [-0.3, -0.25) is 4.57 Å². The van der Waals surface area contributed by atoms with Crippen molar-refractivity contribution in [1.29, 1.82) is 10.5 Å². The Bertz CT molecular complexity index is 1630. The third-order valence-corrected chi connectivity index (χ3v) is 5.62. The molecule has 0 amide bonds. The maximum absolute atomic E-state index is 9.53. The number of nitrogens with zero attached hydrogens (tertiary/aromatic N) is 9. The summed E-state index contributed by atoms with van der Waals surface area (Å²) in [4.78, 5) is 9.39. The Morgan fingerprint density at radius 1 is 1.00 bits per heavy atom. The van der Waals surface area contributed by atoms with E-state index in [4.69, 9.17) is 4.98 Å². The first-order valence-electron chi connectivity index (χ1n) is 10.9. The van der Waals surface area contributed by atoms with Crippen LogP contribution in [-0.4, -0.2) is 34.5 Å². The lowest BCUT2D eigenvalue weighted by Crippen LogP contribution is -2.10. The first-order valence-corrected chi connectivity index (χ1v) is 10.9. The van der Waals surface area contributed by atoms with Gasteiger partial charge in [-0.25, -0.2) is 14.6 Å². The zero-order valence-corrected chi connectivity index (χ0v) is 19.3. The summed E-state index contributed by atoms with van der Waals surface area (Å²) in [6.07, 6.45) is 1.70. The average Bonchev–Trinajstić information content (AvgIpc) is 3.47. The summed E-state index contributed by atoms with van der Waals surface area (Å²) in [6, 6.07) is 19.3. The maximum atomic E-state index is 9.53. The number of hydrogen-bond donors (Lipinski definition) is 1. The molecule has 4 heterocycles. The molecule has 1 unspecified atom stereocenters. The molecule has 0 aliphatic heterocycles. The van der Waals surface area contributed by atoms with Crippen molar-refractivity contribution in [2.45, 2.75) is 26.7 Å². The molecule has 10 heteroatoms. The smallest absolute Gasteiger partial charge is 0.163 e. The highest BCUT2D eigenvalue weighted by molar-refractivity contribution is 5.82. The first kappa shape index (κ1) is 21.7. The van der Waals surface area contributed by atoms with Gasteiger partial charge in [0.2, 0.25) is 0 Å². The molecule has 0 spiro atoms. The molecule has 1 aromatic carbocycles. The van der Waals surface area contributed by atoms with E-state index in [9.17, 15) is 10.5 Å². The molecule has 1 N–H and O–H groups in total. The van der Waals surface area contributed by atoms with Gasteiger partial charge in [-0.1, -0.05) is 6.07 Å². The van der Waals surface area contributed by atoms with Gasteiger partial charge in [-0.2, -0.15) is 20.7 Å². The number of nitrogens with one attached hydrogen (secondary N) is 1. The summed E-state index contributed by atoms with van der Waals surface area (Å²) < 4.78 is 3.48. The quantitative estimate of drug-likeness (QED) is 0.411. The second-order valence-corrected chi connectivity index (χ2v) is 8.13. The molecule has 35 heavy (non-hydrogen) atoms. The average molecular weight is 461 g/mol. The molecule has 1 atom stereocenters. The van der Waals surface area contributed by atoms with Gasteiger partial charge >= 0.3 is 0 Å². The summed E-state index contributed by atoms with van der Waals surface area (Å²) in [6.45, 7) is 5.55. The zero-order chi connectivity index (χ0) is 24.5. The van der Waals surface area contributed by atoms with Gasteiger partial charge in [0.25, 0.3) is 0 Å². The van der Waals surface area contributed by atoms with E-state index in [1.165, 1.54) is 0 Å². The number of benzene rings is 1. The molecule has 0 aliphatic carbocycles. The number of aromatic nitrogens is 7. The number of aryl methyl sites for hydroxylation is 2. The fourth-order valence-corrected chi connectivity index (χ4v) is 3.79. The highest BCUT2D eigenvalue weighted by atomic mass is 15.3. The van der Waals surface area contributed by atoms with E-state index >= 15 is 0 Å². The summed E-state index contributed by atoms with van der Waals surface area (Å²) >= 11 is 0. The van der Waals surface area contributed by atoms with Gasteiger partial charge in [0.1, 0.15) is 18.2 Å². The molecule has 0 radical (unpaired) electrons.